The van der Waals surface area contributed by atoms with Gasteiger partial charge in [-0.05, 0) is 35.2 Å². The number of hydrogen-bond acceptors (Lipinski definition) is 4. The van der Waals surface area contributed by atoms with Gasteiger partial charge in [-0.25, -0.2) is 0 Å². The molecule has 2 aliphatic heterocycles. The molecule has 0 radical (unpaired) electrons. The summed E-state index contributed by atoms with van der Waals surface area (Å²) in [6, 6.07) is 15.4. The molecule has 0 saturated carbocycles. The minimum absolute atomic E-state index is 0.294. The highest BCUT2D eigenvalue weighted by atomic mass is 16.5. The van der Waals surface area contributed by atoms with Gasteiger partial charge in [-0.3, -0.25) is 10.2 Å². The molecular formula is C19H22N2O2. The topological polar surface area (TPSA) is 33.7 Å². The number of nitrogens with one attached hydrogen (secondary N) is 1. The van der Waals surface area contributed by atoms with E-state index in [4.69, 9.17) is 9.47 Å². The third-order valence-corrected chi connectivity index (χ3v) is 5.00. The lowest BCUT2D eigenvalue weighted by Crippen LogP contribution is -2.34. The van der Waals surface area contributed by atoms with E-state index >= 15 is 0 Å². The number of methoxy groups -OCH3 is 2. The largest absolute Gasteiger partial charge is 0.493 e. The number of ether oxygens (including phenoxy) is 2. The van der Waals surface area contributed by atoms with Crippen molar-refractivity contribution in [1.29, 1.82) is 0 Å². The van der Waals surface area contributed by atoms with Gasteiger partial charge in [-0.15, -0.1) is 0 Å². The summed E-state index contributed by atoms with van der Waals surface area (Å²) in [5.41, 5.74) is 4.07. The van der Waals surface area contributed by atoms with Crippen LogP contribution in [0.5, 0.6) is 11.5 Å². The Balaban J connectivity index is 1.69. The highest BCUT2D eigenvalue weighted by Crippen LogP contribution is 2.42. The maximum atomic E-state index is 5.50. The van der Waals surface area contributed by atoms with Gasteiger partial charge in [-0.2, -0.15) is 0 Å². The molecule has 1 N–H and O–H groups in total. The van der Waals surface area contributed by atoms with Crippen LogP contribution in [0.1, 0.15) is 28.9 Å². The zero-order valence-electron chi connectivity index (χ0n) is 13.6. The Morgan fingerprint density at radius 2 is 1.78 bits per heavy atom. The Kier molecular flexibility index (Phi) is 3.71. The van der Waals surface area contributed by atoms with Crippen LogP contribution in [-0.2, 0) is 6.42 Å². The van der Waals surface area contributed by atoms with Gasteiger partial charge in [0.05, 0.1) is 20.4 Å². The lowest BCUT2D eigenvalue weighted by molar-refractivity contribution is 0.180. The molecule has 1 saturated heterocycles. The van der Waals surface area contributed by atoms with Crippen LogP contribution in [0.4, 0.5) is 0 Å². The minimum atomic E-state index is 0.294. The van der Waals surface area contributed by atoms with Crippen LogP contribution in [0.15, 0.2) is 42.5 Å². The number of nitrogens with zero attached hydrogens (tertiary/aromatic N) is 1. The maximum absolute atomic E-state index is 5.50. The zero-order valence-corrected chi connectivity index (χ0v) is 13.6. The van der Waals surface area contributed by atoms with Crippen molar-refractivity contribution in [2.24, 2.45) is 0 Å². The highest BCUT2D eigenvalue weighted by Gasteiger charge is 2.38. The van der Waals surface area contributed by atoms with Crippen molar-refractivity contribution < 1.29 is 9.47 Å². The predicted molar refractivity (Wildman–Crippen MR) is 89.9 cm³/mol. The zero-order chi connectivity index (χ0) is 15.8. The van der Waals surface area contributed by atoms with E-state index in [0.29, 0.717) is 12.2 Å². The van der Waals surface area contributed by atoms with Gasteiger partial charge in [0.1, 0.15) is 0 Å². The summed E-state index contributed by atoms with van der Waals surface area (Å²) in [5, 5.41) is 3.68. The molecule has 4 rings (SSSR count). The first-order valence-electron chi connectivity index (χ1n) is 8.10. The molecule has 0 unspecified atom stereocenters. The number of fused-ring (bicyclic) bond motifs is 3. The normalized spacial score (nSPS) is 23.2. The Hall–Kier alpha value is -2.04. The molecule has 1 fully saturated rings. The Bertz CT molecular complexity index is 702. The van der Waals surface area contributed by atoms with Crippen molar-refractivity contribution in [2.75, 3.05) is 27.3 Å². The molecule has 4 heteroatoms. The Morgan fingerprint density at radius 3 is 2.52 bits per heavy atom. The Morgan fingerprint density at radius 1 is 1.04 bits per heavy atom. The van der Waals surface area contributed by atoms with Crippen LogP contribution in [0.3, 0.4) is 0 Å². The average Bonchev–Trinajstić information content (AvgIpc) is 3.05. The molecule has 4 nitrogen and oxygen atoms in total. The maximum Gasteiger partial charge on any atom is 0.161 e. The van der Waals surface area contributed by atoms with E-state index in [2.05, 4.69) is 52.7 Å². The van der Waals surface area contributed by atoms with Crippen molar-refractivity contribution in [3.05, 3.63) is 59.2 Å². The second kappa shape index (κ2) is 5.87. The van der Waals surface area contributed by atoms with Gasteiger partial charge >= 0.3 is 0 Å². The molecule has 0 aliphatic carbocycles. The van der Waals surface area contributed by atoms with Crippen molar-refractivity contribution in [1.82, 2.24) is 10.2 Å². The molecule has 120 valence electrons. The molecule has 0 aromatic heterocycles. The molecule has 0 spiro atoms. The van der Waals surface area contributed by atoms with Crippen LogP contribution < -0.4 is 14.8 Å². The average molecular weight is 310 g/mol. The van der Waals surface area contributed by atoms with E-state index in [-0.39, 0.29) is 0 Å². The van der Waals surface area contributed by atoms with E-state index in [1.807, 2.05) is 0 Å². The summed E-state index contributed by atoms with van der Waals surface area (Å²) in [6.07, 6.45) is 1.33. The van der Waals surface area contributed by atoms with Gasteiger partial charge < -0.3 is 9.47 Å². The smallest absolute Gasteiger partial charge is 0.161 e. The van der Waals surface area contributed by atoms with Gasteiger partial charge in [0.2, 0.25) is 0 Å². The fourth-order valence-electron chi connectivity index (χ4n) is 3.87. The molecule has 0 bridgehead atoms. The summed E-state index contributed by atoms with van der Waals surface area (Å²) < 4.78 is 10.9. The van der Waals surface area contributed by atoms with Crippen LogP contribution in [0.2, 0.25) is 0 Å². The monoisotopic (exact) mass is 310 g/mol. The van der Waals surface area contributed by atoms with Crippen molar-refractivity contribution in [3.8, 4) is 11.5 Å². The second-order valence-corrected chi connectivity index (χ2v) is 6.13. The van der Waals surface area contributed by atoms with Crippen LogP contribution in [-0.4, -0.2) is 32.2 Å². The van der Waals surface area contributed by atoms with E-state index in [9.17, 15) is 0 Å². The van der Waals surface area contributed by atoms with Crippen LogP contribution in [0.25, 0.3) is 0 Å². The minimum Gasteiger partial charge on any atom is -0.493 e. The van der Waals surface area contributed by atoms with E-state index in [1.165, 1.54) is 16.7 Å². The summed E-state index contributed by atoms with van der Waals surface area (Å²) >= 11 is 0. The van der Waals surface area contributed by atoms with Crippen LogP contribution >= 0.6 is 0 Å². The lowest BCUT2D eigenvalue weighted by atomic mass is 9.92. The van der Waals surface area contributed by atoms with E-state index in [1.54, 1.807) is 14.2 Å². The third kappa shape index (κ3) is 2.38. The van der Waals surface area contributed by atoms with Gasteiger partial charge in [0.25, 0.3) is 0 Å². The standard InChI is InChI=1S/C19H22N2O2/c1-22-17-10-14-8-9-21-16(15(14)11-18(17)23-2)12-20-19(21)13-6-4-3-5-7-13/h3-7,10-11,16,19-20H,8-9,12H2,1-2H3/t16-,19-/m1/s1. The van der Waals surface area contributed by atoms with Crippen molar-refractivity contribution in [2.45, 2.75) is 18.6 Å². The van der Waals surface area contributed by atoms with Gasteiger partial charge in [-0.1, -0.05) is 30.3 Å². The fourth-order valence-corrected chi connectivity index (χ4v) is 3.87. The molecule has 2 aromatic carbocycles. The van der Waals surface area contributed by atoms with Crippen LogP contribution in [0, 0.1) is 0 Å². The highest BCUT2D eigenvalue weighted by molar-refractivity contribution is 5.50. The SMILES string of the molecule is COc1cc2c(cc1OC)[C@H]1CN[C@@H](c3ccccc3)N1CC2. The summed E-state index contributed by atoms with van der Waals surface area (Å²) in [6.45, 7) is 2.02. The molecular weight excluding hydrogens is 288 g/mol. The second-order valence-electron chi connectivity index (χ2n) is 6.13. The first-order valence-corrected chi connectivity index (χ1v) is 8.10. The summed E-state index contributed by atoms with van der Waals surface area (Å²) in [7, 11) is 3.40. The number of rotatable bonds is 3. The first-order chi connectivity index (χ1) is 11.3. The summed E-state index contributed by atoms with van der Waals surface area (Å²) in [4.78, 5) is 2.56. The number of benzene rings is 2. The fraction of sp³-hybridized carbons (Fsp3) is 0.368. The quantitative estimate of drug-likeness (QED) is 0.945. The van der Waals surface area contributed by atoms with Crippen molar-refractivity contribution >= 4 is 0 Å². The van der Waals surface area contributed by atoms with Gasteiger partial charge in [0.15, 0.2) is 11.5 Å². The number of hydrogen-bond donors (Lipinski definition) is 1. The molecule has 0 amide bonds. The van der Waals surface area contributed by atoms with E-state index in [0.717, 1.165) is 31.0 Å². The third-order valence-electron chi connectivity index (χ3n) is 5.00. The molecule has 2 atom stereocenters. The van der Waals surface area contributed by atoms with Gasteiger partial charge in [0, 0.05) is 19.1 Å². The lowest BCUT2D eigenvalue weighted by Gasteiger charge is -2.35. The predicted octanol–water partition coefficient (Wildman–Crippen LogP) is 2.91. The Labute approximate surface area is 137 Å². The van der Waals surface area contributed by atoms with Crippen molar-refractivity contribution in [3.63, 3.8) is 0 Å². The molecule has 23 heavy (non-hydrogen) atoms. The molecule has 2 aliphatic rings. The summed E-state index contributed by atoms with van der Waals surface area (Å²) in [5.74, 6) is 1.64. The first kappa shape index (κ1) is 14.5. The molecule has 2 aromatic rings. The van der Waals surface area contributed by atoms with E-state index < -0.39 is 0 Å². The molecule has 2 heterocycles.